The molecule has 4 fully saturated rings. The third-order valence-electron chi connectivity index (χ3n) is 13.0. The Labute approximate surface area is 220 Å². The van der Waals surface area contributed by atoms with Crippen LogP contribution in [-0.2, 0) is 4.79 Å². The van der Waals surface area contributed by atoms with Gasteiger partial charge in [-0.1, -0.05) is 46.3 Å². The van der Waals surface area contributed by atoms with Gasteiger partial charge in [-0.2, -0.15) is 0 Å². The fourth-order valence-electron chi connectivity index (χ4n) is 10.7. The van der Waals surface area contributed by atoms with Crippen LogP contribution in [0, 0.1) is 45.3 Å². The quantitative estimate of drug-likeness (QED) is 0.377. The topological polar surface area (TPSA) is 77.8 Å². The first-order valence-electron chi connectivity index (χ1n) is 14.6. The second-order valence-electron chi connectivity index (χ2n) is 15.3. The third kappa shape index (κ3) is 3.74. The number of fused-ring (bicyclic) bond motifs is 5. The number of carbonyl (C=O) groups is 1. The van der Waals surface area contributed by atoms with E-state index in [0.29, 0.717) is 18.8 Å². The van der Waals surface area contributed by atoms with E-state index in [1.54, 1.807) is 6.92 Å². The Morgan fingerprint density at radius 3 is 2.14 bits per heavy atom. The van der Waals surface area contributed by atoms with Crippen LogP contribution in [0.15, 0.2) is 11.6 Å². The minimum atomic E-state index is -1.42. The highest BCUT2D eigenvalue weighted by Crippen LogP contribution is 2.77. The Morgan fingerprint density at radius 1 is 0.944 bits per heavy atom. The summed E-state index contributed by atoms with van der Waals surface area (Å²) in [6.07, 6.45) is 9.48. The lowest BCUT2D eigenvalue weighted by Gasteiger charge is -2.72. The highest BCUT2D eigenvalue weighted by molar-refractivity contribution is 5.85. The fraction of sp³-hybridized carbons (Fsp3) is 0.906. The SMILES string of the molecule is CC(=O)[C@@]1(O)C[C@@H]2[C@@]3(C)CC[C@@H](O)C(C)(C)[C@@H]3CC[C@@]2(C)[C@]2(C)CC[C@H]([C@@](C)(O)CCC=C(C)C)[C@@H]12. The molecule has 4 nitrogen and oxygen atoms in total. The number of aliphatic hydroxyl groups is 3. The molecule has 0 aromatic carbocycles. The summed E-state index contributed by atoms with van der Waals surface area (Å²) in [6, 6.07) is 0. The van der Waals surface area contributed by atoms with Crippen LogP contribution < -0.4 is 0 Å². The standard InChI is InChI=1S/C32H54O4/c1-20(2)11-10-15-31(9,35)22-12-17-30(8)26(22)32(36,21(3)33)19-24-28(6)16-14-25(34)27(4,5)23(28)13-18-29(24,30)7/h11,22-26,34-36H,10,12-19H2,1-9H3/t22-,23-,24+,25+,26+,28-,29+,30+,31-,32-/m0/s1. The first-order chi connectivity index (χ1) is 16.4. The van der Waals surface area contributed by atoms with Gasteiger partial charge in [0.15, 0.2) is 5.78 Å². The molecule has 0 bridgehead atoms. The van der Waals surface area contributed by atoms with Crippen LogP contribution in [0.2, 0.25) is 0 Å². The first-order valence-corrected chi connectivity index (χ1v) is 14.6. The molecule has 4 rings (SSSR count). The maximum Gasteiger partial charge on any atom is 0.161 e. The zero-order valence-electron chi connectivity index (χ0n) is 24.6. The van der Waals surface area contributed by atoms with Crippen molar-refractivity contribution in [2.75, 3.05) is 0 Å². The van der Waals surface area contributed by atoms with E-state index in [9.17, 15) is 20.1 Å². The summed E-state index contributed by atoms with van der Waals surface area (Å²) < 4.78 is 0. The molecule has 4 saturated carbocycles. The van der Waals surface area contributed by atoms with Crippen molar-refractivity contribution in [3.8, 4) is 0 Å². The van der Waals surface area contributed by atoms with E-state index in [0.717, 1.165) is 44.9 Å². The van der Waals surface area contributed by atoms with Crippen molar-refractivity contribution in [3.63, 3.8) is 0 Å². The van der Waals surface area contributed by atoms with Crippen molar-refractivity contribution < 1.29 is 20.1 Å². The number of ketones is 1. The molecule has 0 unspecified atom stereocenters. The van der Waals surface area contributed by atoms with Crippen molar-refractivity contribution >= 4 is 5.78 Å². The van der Waals surface area contributed by atoms with Crippen molar-refractivity contribution in [2.45, 2.75) is 137 Å². The van der Waals surface area contributed by atoms with Gasteiger partial charge in [-0.25, -0.2) is 0 Å². The smallest absolute Gasteiger partial charge is 0.161 e. The number of carbonyl (C=O) groups excluding carboxylic acids is 1. The van der Waals surface area contributed by atoms with Gasteiger partial charge in [-0.05, 0) is 125 Å². The van der Waals surface area contributed by atoms with E-state index in [1.807, 2.05) is 6.92 Å². The Kier molecular flexibility index (Phi) is 6.80. The number of hydrogen-bond donors (Lipinski definition) is 3. The molecule has 3 N–H and O–H groups in total. The maximum atomic E-state index is 13.4. The number of Topliss-reactive ketones (excluding diaryl/α,β-unsaturated/α-hetero) is 1. The van der Waals surface area contributed by atoms with Crippen LogP contribution in [0.4, 0.5) is 0 Å². The Balaban J connectivity index is 1.79. The molecule has 0 radical (unpaired) electrons. The second kappa shape index (κ2) is 8.65. The van der Waals surface area contributed by atoms with Gasteiger partial charge >= 0.3 is 0 Å². The van der Waals surface area contributed by atoms with Crippen molar-refractivity contribution in [2.24, 2.45) is 45.3 Å². The molecule has 0 aromatic rings. The average Bonchev–Trinajstić information content (AvgIpc) is 3.14. The van der Waals surface area contributed by atoms with E-state index >= 15 is 0 Å². The van der Waals surface area contributed by atoms with Gasteiger partial charge in [0.05, 0.1) is 11.7 Å². The Bertz CT molecular complexity index is 915. The molecule has 36 heavy (non-hydrogen) atoms. The minimum Gasteiger partial charge on any atom is -0.393 e. The van der Waals surface area contributed by atoms with Gasteiger partial charge in [0.2, 0.25) is 0 Å². The minimum absolute atomic E-state index is 0.0201. The molecule has 0 heterocycles. The lowest BCUT2D eigenvalue weighted by atomic mass is 9.33. The van der Waals surface area contributed by atoms with Crippen molar-refractivity contribution in [1.29, 1.82) is 0 Å². The molecular weight excluding hydrogens is 448 g/mol. The lowest BCUT2D eigenvalue weighted by Crippen LogP contribution is -2.71. The van der Waals surface area contributed by atoms with Crippen LogP contribution in [0.5, 0.6) is 0 Å². The summed E-state index contributed by atoms with van der Waals surface area (Å²) in [7, 11) is 0. The molecule has 0 aliphatic heterocycles. The normalized spacial score (nSPS) is 49.3. The summed E-state index contributed by atoms with van der Waals surface area (Å²) in [5.74, 6) is 0.101. The summed E-state index contributed by atoms with van der Waals surface area (Å²) in [5, 5.41) is 35.2. The molecule has 4 heteroatoms. The molecule has 4 aliphatic carbocycles. The Hall–Kier alpha value is -0.710. The highest BCUT2D eigenvalue weighted by Gasteiger charge is 2.75. The molecule has 206 valence electrons. The van der Waals surface area contributed by atoms with E-state index in [4.69, 9.17) is 0 Å². The molecule has 0 aromatic heterocycles. The van der Waals surface area contributed by atoms with Crippen LogP contribution in [0.1, 0.15) is 120 Å². The molecule has 0 spiro atoms. The second-order valence-corrected chi connectivity index (χ2v) is 15.3. The van der Waals surface area contributed by atoms with Gasteiger partial charge in [-0.15, -0.1) is 0 Å². The fourth-order valence-corrected chi connectivity index (χ4v) is 10.7. The first kappa shape index (κ1) is 28.3. The summed E-state index contributed by atoms with van der Waals surface area (Å²) >= 11 is 0. The van der Waals surface area contributed by atoms with Gasteiger partial charge < -0.3 is 15.3 Å². The number of rotatable bonds is 5. The Morgan fingerprint density at radius 2 is 1.56 bits per heavy atom. The van der Waals surface area contributed by atoms with Crippen LogP contribution in [0.25, 0.3) is 0 Å². The van der Waals surface area contributed by atoms with E-state index in [1.165, 1.54) is 5.57 Å². The molecule has 0 saturated heterocycles. The maximum absolute atomic E-state index is 13.4. The van der Waals surface area contributed by atoms with Gasteiger partial charge in [-0.3, -0.25) is 4.79 Å². The summed E-state index contributed by atoms with van der Waals surface area (Å²) in [4.78, 5) is 13.4. The predicted molar refractivity (Wildman–Crippen MR) is 145 cm³/mol. The predicted octanol–water partition coefficient (Wildman–Crippen LogP) is 6.46. The van der Waals surface area contributed by atoms with Crippen molar-refractivity contribution in [3.05, 3.63) is 11.6 Å². The van der Waals surface area contributed by atoms with E-state index in [2.05, 4.69) is 54.5 Å². The number of allylic oxidation sites excluding steroid dienone is 2. The molecular formula is C32H54O4. The largest absolute Gasteiger partial charge is 0.393 e. The molecule has 4 aliphatic rings. The van der Waals surface area contributed by atoms with Gasteiger partial charge in [0.25, 0.3) is 0 Å². The van der Waals surface area contributed by atoms with Gasteiger partial charge in [0, 0.05) is 5.92 Å². The van der Waals surface area contributed by atoms with E-state index in [-0.39, 0.29) is 51.3 Å². The van der Waals surface area contributed by atoms with Gasteiger partial charge in [0.1, 0.15) is 5.60 Å². The van der Waals surface area contributed by atoms with Crippen LogP contribution in [0.3, 0.4) is 0 Å². The summed E-state index contributed by atoms with van der Waals surface area (Å²) in [6.45, 7) is 19.3. The zero-order valence-corrected chi connectivity index (χ0v) is 24.6. The average molecular weight is 503 g/mol. The monoisotopic (exact) mass is 502 g/mol. The zero-order chi connectivity index (χ0) is 27.1. The molecule has 0 amide bonds. The van der Waals surface area contributed by atoms with Crippen molar-refractivity contribution in [1.82, 2.24) is 0 Å². The number of hydrogen-bond acceptors (Lipinski definition) is 4. The van der Waals surface area contributed by atoms with Crippen LogP contribution in [-0.4, -0.2) is 38.4 Å². The summed E-state index contributed by atoms with van der Waals surface area (Å²) in [5.41, 5.74) is -1.56. The third-order valence-corrected chi connectivity index (χ3v) is 13.0. The van der Waals surface area contributed by atoms with E-state index < -0.39 is 11.2 Å². The molecule has 10 atom stereocenters. The number of aliphatic hydroxyl groups excluding tert-OH is 1. The lowest BCUT2D eigenvalue weighted by molar-refractivity contribution is -0.266. The highest BCUT2D eigenvalue weighted by atomic mass is 16.3. The van der Waals surface area contributed by atoms with Crippen LogP contribution >= 0.6 is 0 Å².